The van der Waals surface area contributed by atoms with E-state index < -0.39 is 0 Å². The molecule has 0 spiro atoms. The Balaban J connectivity index is 1.77. The molecule has 0 amide bonds. The van der Waals surface area contributed by atoms with Gasteiger partial charge in [-0.25, -0.2) is 9.37 Å². The third kappa shape index (κ3) is 3.97. The molecule has 0 aliphatic rings. The predicted molar refractivity (Wildman–Crippen MR) is 95.5 cm³/mol. The molecule has 0 bridgehead atoms. The van der Waals surface area contributed by atoms with E-state index in [1.54, 1.807) is 12.1 Å². The molecule has 1 aromatic heterocycles. The highest BCUT2D eigenvalue weighted by Gasteiger charge is 2.10. The molecule has 0 radical (unpaired) electrons. The van der Waals surface area contributed by atoms with Crippen molar-refractivity contribution in [3.8, 4) is 0 Å². The highest BCUT2D eigenvalue weighted by atomic mass is 79.9. The van der Waals surface area contributed by atoms with E-state index in [2.05, 4.69) is 33.0 Å². The summed E-state index contributed by atoms with van der Waals surface area (Å²) in [6.45, 7) is 0.293. The summed E-state index contributed by atoms with van der Waals surface area (Å²) in [5.74, 6) is -0.313. The van der Waals surface area contributed by atoms with Crippen LogP contribution in [0.3, 0.4) is 0 Å². The molecule has 1 heterocycles. The van der Waals surface area contributed by atoms with Gasteiger partial charge in [-0.1, -0.05) is 42.5 Å². The first-order valence-electron chi connectivity index (χ1n) is 7.65. The number of aryl methyl sites for hydroxylation is 2. The van der Waals surface area contributed by atoms with Gasteiger partial charge < -0.3 is 0 Å². The monoisotopic (exact) mass is 386 g/mol. The molecule has 0 unspecified atom stereocenters. The van der Waals surface area contributed by atoms with E-state index in [9.17, 15) is 9.18 Å². The van der Waals surface area contributed by atoms with Crippen LogP contribution in [0.5, 0.6) is 0 Å². The van der Waals surface area contributed by atoms with Gasteiger partial charge in [0, 0.05) is 0 Å². The quantitative estimate of drug-likeness (QED) is 0.664. The van der Waals surface area contributed by atoms with Crippen LogP contribution in [-0.2, 0) is 19.4 Å². The second-order valence-electron chi connectivity index (χ2n) is 5.55. The summed E-state index contributed by atoms with van der Waals surface area (Å²) in [5.41, 5.74) is 2.51. The van der Waals surface area contributed by atoms with Crippen molar-refractivity contribution in [1.82, 2.24) is 9.55 Å². The molecule has 3 rings (SSSR count). The van der Waals surface area contributed by atoms with E-state index in [0.717, 1.165) is 17.7 Å². The lowest BCUT2D eigenvalue weighted by molar-refractivity contribution is 0.621. The molecule has 0 atom stereocenters. The van der Waals surface area contributed by atoms with Crippen LogP contribution in [0.1, 0.15) is 16.8 Å². The van der Waals surface area contributed by atoms with Crippen LogP contribution in [0.2, 0.25) is 0 Å². The Morgan fingerprint density at radius 1 is 1.00 bits per heavy atom. The van der Waals surface area contributed by atoms with Gasteiger partial charge in [0.05, 0.1) is 18.6 Å². The number of halogens is 2. The first-order chi connectivity index (χ1) is 11.6. The largest absolute Gasteiger partial charge is 0.294 e. The molecular formula is C19H16BrFN2O. The number of rotatable bonds is 5. The number of nitrogens with zero attached hydrogens (tertiary/aromatic N) is 2. The third-order valence-corrected chi connectivity index (χ3v) is 4.59. The van der Waals surface area contributed by atoms with Gasteiger partial charge in [-0.2, -0.15) is 0 Å². The topological polar surface area (TPSA) is 34.9 Å². The van der Waals surface area contributed by atoms with Crippen LogP contribution in [0, 0.1) is 5.82 Å². The molecule has 0 saturated carbocycles. The predicted octanol–water partition coefficient (Wildman–Crippen LogP) is 3.98. The van der Waals surface area contributed by atoms with E-state index in [1.165, 1.54) is 28.6 Å². The van der Waals surface area contributed by atoms with Gasteiger partial charge in [-0.3, -0.25) is 9.36 Å². The smallest absolute Gasteiger partial charge is 0.268 e. The number of aromatic nitrogens is 2. The van der Waals surface area contributed by atoms with Crippen LogP contribution in [0.15, 0.2) is 70.2 Å². The standard InChI is InChI=1S/C19H16BrFN2O/c20-18-17(10-9-14-5-2-1-3-6-14)22-13-23(19(18)24)12-15-7-4-8-16(21)11-15/h1-8,11,13H,9-10,12H2. The van der Waals surface area contributed by atoms with Gasteiger partial charge in [0.1, 0.15) is 10.3 Å². The highest BCUT2D eigenvalue weighted by molar-refractivity contribution is 9.10. The van der Waals surface area contributed by atoms with Gasteiger partial charge in [0.25, 0.3) is 5.56 Å². The number of benzene rings is 2. The molecule has 0 N–H and O–H groups in total. The maximum absolute atomic E-state index is 13.3. The minimum Gasteiger partial charge on any atom is -0.294 e. The lowest BCUT2D eigenvalue weighted by Crippen LogP contribution is -2.23. The van der Waals surface area contributed by atoms with Gasteiger partial charge in [0.2, 0.25) is 0 Å². The molecule has 24 heavy (non-hydrogen) atoms. The molecule has 3 nitrogen and oxygen atoms in total. The van der Waals surface area contributed by atoms with Crippen molar-refractivity contribution in [2.75, 3.05) is 0 Å². The van der Waals surface area contributed by atoms with E-state index in [4.69, 9.17) is 0 Å². The molecule has 0 saturated heterocycles. The van der Waals surface area contributed by atoms with Crippen molar-refractivity contribution in [3.05, 3.63) is 98.4 Å². The highest BCUT2D eigenvalue weighted by Crippen LogP contribution is 2.13. The van der Waals surface area contributed by atoms with Crippen molar-refractivity contribution < 1.29 is 4.39 Å². The van der Waals surface area contributed by atoms with Crippen molar-refractivity contribution in [2.24, 2.45) is 0 Å². The van der Waals surface area contributed by atoms with Crippen molar-refractivity contribution in [3.63, 3.8) is 0 Å². The Kier molecular flexibility index (Phi) is 5.20. The van der Waals surface area contributed by atoms with Gasteiger partial charge in [-0.15, -0.1) is 0 Å². The van der Waals surface area contributed by atoms with Gasteiger partial charge in [0.15, 0.2) is 0 Å². The van der Waals surface area contributed by atoms with Crippen LogP contribution in [0.25, 0.3) is 0 Å². The molecule has 5 heteroatoms. The van der Waals surface area contributed by atoms with Crippen LogP contribution >= 0.6 is 15.9 Å². The SMILES string of the molecule is O=c1c(Br)c(CCc2ccccc2)ncn1Cc1cccc(F)c1. The van der Waals surface area contributed by atoms with Crippen molar-refractivity contribution in [2.45, 2.75) is 19.4 Å². The zero-order valence-corrected chi connectivity index (χ0v) is 14.5. The Bertz CT molecular complexity index is 893. The molecular weight excluding hydrogens is 371 g/mol. The first-order valence-corrected chi connectivity index (χ1v) is 8.45. The molecule has 0 fully saturated rings. The fourth-order valence-electron chi connectivity index (χ4n) is 2.52. The van der Waals surface area contributed by atoms with Crippen molar-refractivity contribution in [1.29, 1.82) is 0 Å². The average molecular weight is 387 g/mol. The normalized spacial score (nSPS) is 10.8. The average Bonchev–Trinajstić information content (AvgIpc) is 2.59. The molecule has 122 valence electrons. The van der Waals surface area contributed by atoms with Gasteiger partial charge >= 0.3 is 0 Å². The summed E-state index contributed by atoms with van der Waals surface area (Å²) >= 11 is 3.36. The van der Waals surface area contributed by atoms with E-state index >= 15 is 0 Å². The lowest BCUT2D eigenvalue weighted by Gasteiger charge is -2.09. The summed E-state index contributed by atoms with van der Waals surface area (Å²) in [4.78, 5) is 16.9. The zero-order valence-electron chi connectivity index (χ0n) is 13.0. The minimum atomic E-state index is -0.313. The first kappa shape index (κ1) is 16.6. The maximum Gasteiger partial charge on any atom is 0.268 e. The Morgan fingerprint density at radius 2 is 1.75 bits per heavy atom. The summed E-state index contributed by atoms with van der Waals surface area (Å²) in [5, 5.41) is 0. The second-order valence-corrected chi connectivity index (χ2v) is 6.35. The summed E-state index contributed by atoms with van der Waals surface area (Å²) in [6.07, 6.45) is 3.03. The van der Waals surface area contributed by atoms with Crippen LogP contribution in [0.4, 0.5) is 4.39 Å². The molecule has 0 aliphatic carbocycles. The van der Waals surface area contributed by atoms with Crippen LogP contribution in [-0.4, -0.2) is 9.55 Å². The molecule has 0 aliphatic heterocycles. The lowest BCUT2D eigenvalue weighted by atomic mass is 10.1. The van der Waals surface area contributed by atoms with E-state index in [1.807, 2.05) is 18.2 Å². The number of hydrogen-bond donors (Lipinski definition) is 0. The molecule has 2 aromatic carbocycles. The summed E-state index contributed by atoms with van der Waals surface area (Å²) in [7, 11) is 0. The molecule has 3 aromatic rings. The van der Waals surface area contributed by atoms with E-state index in [-0.39, 0.29) is 11.4 Å². The second kappa shape index (κ2) is 7.53. The fraction of sp³-hybridized carbons (Fsp3) is 0.158. The van der Waals surface area contributed by atoms with E-state index in [0.29, 0.717) is 17.4 Å². The third-order valence-electron chi connectivity index (χ3n) is 3.79. The van der Waals surface area contributed by atoms with Crippen LogP contribution < -0.4 is 5.56 Å². The Hall–Kier alpha value is -2.27. The number of hydrogen-bond acceptors (Lipinski definition) is 2. The maximum atomic E-state index is 13.3. The minimum absolute atomic E-state index is 0.155. The Labute approximate surface area is 147 Å². The van der Waals surface area contributed by atoms with Crippen molar-refractivity contribution >= 4 is 15.9 Å². The van der Waals surface area contributed by atoms with Gasteiger partial charge in [-0.05, 0) is 52.0 Å². The fourth-order valence-corrected chi connectivity index (χ4v) is 3.05. The zero-order chi connectivity index (χ0) is 16.9. The summed E-state index contributed by atoms with van der Waals surface area (Å²) in [6, 6.07) is 16.3. The Morgan fingerprint density at radius 3 is 2.50 bits per heavy atom. The summed E-state index contributed by atoms with van der Waals surface area (Å²) < 4.78 is 15.2.